The van der Waals surface area contributed by atoms with E-state index < -0.39 is 0 Å². The van der Waals surface area contributed by atoms with Gasteiger partial charge in [0.1, 0.15) is 11.7 Å². The predicted octanol–water partition coefficient (Wildman–Crippen LogP) is 4.60. The Kier molecular flexibility index (Phi) is 2.24. The highest BCUT2D eigenvalue weighted by molar-refractivity contribution is 9.10. The summed E-state index contributed by atoms with van der Waals surface area (Å²) in [5.41, 5.74) is 1.75. The Morgan fingerprint density at radius 1 is 1.44 bits per heavy atom. The van der Waals surface area contributed by atoms with Crippen LogP contribution in [0.3, 0.4) is 0 Å². The van der Waals surface area contributed by atoms with Crippen molar-refractivity contribution in [1.82, 2.24) is 0 Å². The first-order valence-electron chi connectivity index (χ1n) is 5.02. The van der Waals surface area contributed by atoms with Crippen LogP contribution in [0.2, 0.25) is 5.02 Å². The van der Waals surface area contributed by atoms with Crippen LogP contribution in [0, 0.1) is 11.3 Å². The third-order valence-corrected chi connectivity index (χ3v) is 3.64. The minimum absolute atomic E-state index is 0.431. The van der Waals surface area contributed by atoms with E-state index in [0.29, 0.717) is 16.7 Å². The average molecular weight is 297 g/mol. The number of hydrogen-bond donors (Lipinski definition) is 0. The second kappa shape index (κ2) is 3.51. The summed E-state index contributed by atoms with van der Waals surface area (Å²) in [6, 6.07) is 5.78. The molecule has 16 heavy (non-hydrogen) atoms. The molecule has 0 saturated heterocycles. The molecule has 0 aliphatic heterocycles. The minimum atomic E-state index is 0.431. The molecule has 0 N–H and O–H groups in total. The summed E-state index contributed by atoms with van der Waals surface area (Å²) in [5.74, 6) is 0.904. The summed E-state index contributed by atoms with van der Waals surface area (Å²) in [5, 5.41) is 10.7. The van der Waals surface area contributed by atoms with E-state index in [9.17, 15) is 0 Å². The van der Waals surface area contributed by atoms with Gasteiger partial charge in [0, 0.05) is 16.0 Å². The lowest BCUT2D eigenvalue weighted by atomic mass is 10.1. The Balaban J connectivity index is 2.40. The van der Waals surface area contributed by atoms with Crippen molar-refractivity contribution in [2.45, 2.75) is 18.8 Å². The van der Waals surface area contributed by atoms with Crippen molar-refractivity contribution in [3.8, 4) is 6.07 Å². The number of hydrogen-bond acceptors (Lipinski definition) is 2. The molecule has 1 aliphatic carbocycles. The van der Waals surface area contributed by atoms with Crippen LogP contribution >= 0.6 is 27.5 Å². The minimum Gasteiger partial charge on any atom is -0.444 e. The normalized spacial score (nSPS) is 15.3. The highest BCUT2D eigenvalue weighted by atomic mass is 79.9. The first-order valence-corrected chi connectivity index (χ1v) is 6.19. The molecule has 2 aromatic rings. The van der Waals surface area contributed by atoms with Crippen molar-refractivity contribution in [2.24, 2.45) is 0 Å². The van der Waals surface area contributed by atoms with E-state index >= 15 is 0 Å². The molecule has 1 aromatic heterocycles. The second-order valence-corrected chi connectivity index (χ2v) is 5.29. The Labute approximate surface area is 106 Å². The molecular weight excluding hydrogens is 289 g/mol. The van der Waals surface area contributed by atoms with Crippen LogP contribution in [-0.4, -0.2) is 0 Å². The van der Waals surface area contributed by atoms with Crippen molar-refractivity contribution in [3.63, 3.8) is 0 Å². The van der Waals surface area contributed by atoms with Crippen molar-refractivity contribution < 1.29 is 4.42 Å². The molecule has 2 nitrogen and oxygen atoms in total. The van der Waals surface area contributed by atoms with Gasteiger partial charge in [0.05, 0.1) is 4.47 Å². The van der Waals surface area contributed by atoms with Crippen LogP contribution in [0.1, 0.15) is 30.1 Å². The van der Waals surface area contributed by atoms with E-state index in [1.54, 1.807) is 6.07 Å². The molecule has 1 saturated carbocycles. The number of halogens is 2. The summed E-state index contributed by atoms with van der Waals surface area (Å²) in [4.78, 5) is 0. The van der Waals surface area contributed by atoms with E-state index in [-0.39, 0.29) is 0 Å². The van der Waals surface area contributed by atoms with Gasteiger partial charge in [0.2, 0.25) is 5.76 Å². The Bertz CT molecular complexity index is 622. The number of fused-ring (bicyclic) bond motifs is 1. The Morgan fingerprint density at radius 2 is 2.19 bits per heavy atom. The number of nitriles is 1. The molecule has 0 atom stereocenters. The van der Waals surface area contributed by atoms with Gasteiger partial charge < -0.3 is 4.42 Å². The maximum Gasteiger partial charge on any atom is 0.208 e. The van der Waals surface area contributed by atoms with Gasteiger partial charge >= 0.3 is 0 Å². The van der Waals surface area contributed by atoms with Crippen LogP contribution in [0.25, 0.3) is 11.0 Å². The molecule has 0 radical (unpaired) electrons. The zero-order valence-electron chi connectivity index (χ0n) is 8.26. The topological polar surface area (TPSA) is 36.9 Å². The summed E-state index contributed by atoms with van der Waals surface area (Å²) in [6.07, 6.45) is 2.26. The maximum atomic E-state index is 9.06. The highest BCUT2D eigenvalue weighted by Gasteiger charge is 2.31. The van der Waals surface area contributed by atoms with Crippen LogP contribution in [0.15, 0.2) is 21.0 Å². The van der Waals surface area contributed by atoms with Gasteiger partial charge in [-0.2, -0.15) is 5.26 Å². The fourth-order valence-corrected chi connectivity index (χ4v) is 2.90. The smallest absolute Gasteiger partial charge is 0.208 e. The van der Waals surface area contributed by atoms with Crippen LogP contribution in [-0.2, 0) is 0 Å². The predicted molar refractivity (Wildman–Crippen MR) is 65.6 cm³/mol. The third-order valence-electron chi connectivity index (χ3n) is 2.83. The molecule has 0 spiro atoms. The van der Waals surface area contributed by atoms with Crippen molar-refractivity contribution >= 4 is 38.5 Å². The Hall–Kier alpha value is -0.980. The average Bonchev–Trinajstić information content (AvgIpc) is 3.00. The monoisotopic (exact) mass is 295 g/mol. The van der Waals surface area contributed by atoms with Crippen molar-refractivity contribution in [3.05, 3.63) is 33.0 Å². The largest absolute Gasteiger partial charge is 0.444 e. The van der Waals surface area contributed by atoms with Crippen LogP contribution in [0.4, 0.5) is 0 Å². The SMILES string of the molecule is N#Cc1oc2c(Br)cc(Cl)cc2c1C1CC1. The molecule has 0 amide bonds. The Morgan fingerprint density at radius 3 is 2.81 bits per heavy atom. The van der Waals surface area contributed by atoms with Crippen LogP contribution in [0.5, 0.6) is 0 Å². The lowest BCUT2D eigenvalue weighted by Crippen LogP contribution is -1.80. The molecule has 80 valence electrons. The van der Waals surface area contributed by atoms with E-state index in [1.807, 2.05) is 6.07 Å². The fraction of sp³-hybridized carbons (Fsp3) is 0.250. The molecule has 0 bridgehead atoms. The summed E-state index contributed by atoms with van der Waals surface area (Å²) < 4.78 is 6.37. The van der Waals surface area contributed by atoms with Crippen molar-refractivity contribution in [1.29, 1.82) is 5.26 Å². The van der Waals surface area contributed by atoms with Gasteiger partial charge in [0.15, 0.2) is 0 Å². The van der Waals surface area contributed by atoms with Crippen LogP contribution < -0.4 is 0 Å². The van der Waals surface area contributed by atoms with E-state index in [0.717, 1.165) is 33.8 Å². The summed E-state index contributed by atoms with van der Waals surface area (Å²) >= 11 is 9.43. The zero-order chi connectivity index (χ0) is 11.3. The van der Waals surface area contributed by atoms with Gasteiger partial charge in [-0.1, -0.05) is 11.6 Å². The first kappa shape index (κ1) is 10.2. The first-order chi connectivity index (χ1) is 7.70. The lowest BCUT2D eigenvalue weighted by molar-refractivity contribution is 0.592. The van der Waals surface area contributed by atoms with Gasteiger partial charge in [-0.05, 0) is 46.8 Å². The summed E-state index contributed by atoms with van der Waals surface area (Å²) in [7, 11) is 0. The number of benzene rings is 1. The maximum absolute atomic E-state index is 9.06. The van der Waals surface area contributed by atoms with Crippen molar-refractivity contribution in [2.75, 3.05) is 0 Å². The van der Waals surface area contributed by atoms with E-state index in [2.05, 4.69) is 22.0 Å². The quantitative estimate of drug-likeness (QED) is 0.771. The molecule has 0 unspecified atom stereocenters. The van der Waals surface area contributed by atoms with Gasteiger partial charge in [-0.25, -0.2) is 0 Å². The number of furan rings is 1. The fourth-order valence-electron chi connectivity index (χ4n) is 2.00. The van der Waals surface area contributed by atoms with E-state index in [1.165, 1.54) is 0 Å². The molecule has 1 fully saturated rings. The molecule has 4 heteroatoms. The number of rotatable bonds is 1. The molecule has 1 aromatic carbocycles. The number of nitrogens with zero attached hydrogens (tertiary/aromatic N) is 1. The molecule has 1 heterocycles. The second-order valence-electron chi connectivity index (χ2n) is 4.00. The molecule has 3 rings (SSSR count). The lowest BCUT2D eigenvalue weighted by Gasteiger charge is -1.96. The highest BCUT2D eigenvalue weighted by Crippen LogP contribution is 2.47. The standard InChI is InChI=1S/C12H7BrClNO/c13-9-4-7(14)3-8-11(6-1-2-6)10(5-15)16-12(8)9/h3-4,6H,1-2H2. The summed E-state index contributed by atoms with van der Waals surface area (Å²) in [6.45, 7) is 0. The van der Waals surface area contributed by atoms with E-state index in [4.69, 9.17) is 21.3 Å². The van der Waals surface area contributed by atoms with Gasteiger partial charge in [0.25, 0.3) is 0 Å². The zero-order valence-corrected chi connectivity index (χ0v) is 10.6. The van der Waals surface area contributed by atoms with Gasteiger partial charge in [-0.3, -0.25) is 0 Å². The molecular formula is C12H7BrClNO. The molecule has 1 aliphatic rings. The van der Waals surface area contributed by atoms with Gasteiger partial charge in [-0.15, -0.1) is 0 Å². The third kappa shape index (κ3) is 1.45.